The lowest BCUT2D eigenvalue weighted by atomic mass is 10.1. The van der Waals surface area contributed by atoms with Gasteiger partial charge in [0.2, 0.25) is 0 Å². The van der Waals surface area contributed by atoms with Crippen molar-refractivity contribution in [1.82, 2.24) is 0 Å². The Bertz CT molecular complexity index is 769. The van der Waals surface area contributed by atoms with E-state index < -0.39 is 10.0 Å². The number of nitrogens with one attached hydrogen (secondary N) is 2. The monoisotopic (exact) mass is 372 g/mol. The number of benzene rings is 1. The van der Waals surface area contributed by atoms with Gasteiger partial charge in [-0.15, -0.1) is 11.3 Å². The third-order valence-electron chi connectivity index (χ3n) is 3.20. The molecule has 0 amide bonds. The second-order valence-electron chi connectivity index (χ2n) is 4.63. The smallest absolute Gasteiger partial charge is 0.263 e. The Morgan fingerprint density at radius 2 is 2.15 bits per heavy atom. The van der Waals surface area contributed by atoms with Crippen LogP contribution in [0.4, 0.5) is 11.4 Å². The SMILES string of the molecule is Cc1sc(Br)cc1S(=O)(=O)Nc1ccc2c(c1)CCN2. The topological polar surface area (TPSA) is 58.2 Å². The summed E-state index contributed by atoms with van der Waals surface area (Å²) in [6, 6.07) is 7.23. The Hall–Kier alpha value is -1.05. The van der Waals surface area contributed by atoms with Crippen LogP contribution in [0.5, 0.6) is 0 Å². The van der Waals surface area contributed by atoms with E-state index in [2.05, 4.69) is 26.0 Å². The van der Waals surface area contributed by atoms with E-state index in [0.717, 1.165) is 32.9 Å². The zero-order valence-electron chi connectivity index (χ0n) is 10.7. The summed E-state index contributed by atoms with van der Waals surface area (Å²) in [4.78, 5) is 1.10. The Morgan fingerprint density at radius 3 is 2.85 bits per heavy atom. The van der Waals surface area contributed by atoms with Gasteiger partial charge in [-0.25, -0.2) is 8.42 Å². The minimum Gasteiger partial charge on any atom is -0.384 e. The third kappa shape index (κ3) is 2.57. The molecule has 0 radical (unpaired) electrons. The molecule has 0 fully saturated rings. The molecule has 4 nitrogen and oxygen atoms in total. The van der Waals surface area contributed by atoms with Crippen LogP contribution in [0.15, 0.2) is 32.9 Å². The normalized spacial score (nSPS) is 13.9. The standard InChI is InChI=1S/C13H13BrN2O2S2/c1-8-12(7-13(14)19-8)20(17,18)16-10-2-3-11-9(6-10)4-5-15-11/h2-3,6-7,15-16H,4-5H2,1H3. The van der Waals surface area contributed by atoms with E-state index in [1.807, 2.05) is 12.1 Å². The van der Waals surface area contributed by atoms with Crippen LogP contribution in [-0.4, -0.2) is 15.0 Å². The highest BCUT2D eigenvalue weighted by Crippen LogP contribution is 2.32. The first kappa shape index (κ1) is 13.9. The van der Waals surface area contributed by atoms with Gasteiger partial charge in [0.05, 0.1) is 3.79 Å². The maximum atomic E-state index is 12.4. The van der Waals surface area contributed by atoms with Crippen LogP contribution in [0, 0.1) is 6.92 Å². The van der Waals surface area contributed by atoms with Crippen molar-refractivity contribution < 1.29 is 8.42 Å². The largest absolute Gasteiger partial charge is 0.384 e. The first-order chi connectivity index (χ1) is 9.45. The highest BCUT2D eigenvalue weighted by Gasteiger charge is 2.20. The number of hydrogen-bond acceptors (Lipinski definition) is 4. The predicted molar refractivity (Wildman–Crippen MR) is 86.2 cm³/mol. The molecule has 20 heavy (non-hydrogen) atoms. The number of sulfonamides is 1. The zero-order valence-corrected chi connectivity index (χ0v) is 14.0. The van der Waals surface area contributed by atoms with Crippen molar-refractivity contribution in [3.05, 3.63) is 38.5 Å². The number of halogens is 1. The zero-order chi connectivity index (χ0) is 14.3. The van der Waals surface area contributed by atoms with E-state index in [9.17, 15) is 8.42 Å². The Morgan fingerprint density at radius 1 is 1.35 bits per heavy atom. The molecule has 1 aliphatic heterocycles. The van der Waals surface area contributed by atoms with Gasteiger partial charge in [-0.05, 0) is 59.1 Å². The van der Waals surface area contributed by atoms with Crippen LogP contribution in [0.25, 0.3) is 0 Å². The van der Waals surface area contributed by atoms with Gasteiger partial charge in [-0.1, -0.05) is 0 Å². The van der Waals surface area contributed by atoms with Crippen LogP contribution in [0.1, 0.15) is 10.4 Å². The van der Waals surface area contributed by atoms with E-state index in [0.29, 0.717) is 10.6 Å². The lowest BCUT2D eigenvalue weighted by molar-refractivity contribution is 0.601. The van der Waals surface area contributed by atoms with Crippen LogP contribution in [-0.2, 0) is 16.4 Å². The summed E-state index contributed by atoms with van der Waals surface area (Å²) in [7, 11) is -3.53. The molecule has 2 aromatic rings. The van der Waals surface area contributed by atoms with Crippen molar-refractivity contribution >= 4 is 48.7 Å². The van der Waals surface area contributed by atoms with Crippen LogP contribution < -0.4 is 10.0 Å². The number of aryl methyl sites for hydroxylation is 1. The van der Waals surface area contributed by atoms with E-state index in [1.165, 1.54) is 11.3 Å². The van der Waals surface area contributed by atoms with Crippen molar-refractivity contribution in [2.24, 2.45) is 0 Å². The fourth-order valence-electron chi connectivity index (χ4n) is 2.28. The van der Waals surface area contributed by atoms with Crippen molar-refractivity contribution in [3.8, 4) is 0 Å². The van der Waals surface area contributed by atoms with Gasteiger partial charge in [0.25, 0.3) is 10.0 Å². The first-order valence-corrected chi connectivity index (χ1v) is 9.20. The average Bonchev–Trinajstić information content (AvgIpc) is 2.94. The summed E-state index contributed by atoms with van der Waals surface area (Å²) in [5.41, 5.74) is 2.84. The lowest BCUT2D eigenvalue weighted by Crippen LogP contribution is -2.13. The van der Waals surface area contributed by atoms with E-state index in [4.69, 9.17) is 0 Å². The molecule has 0 spiro atoms. The minimum absolute atomic E-state index is 0.327. The first-order valence-electron chi connectivity index (χ1n) is 6.11. The highest BCUT2D eigenvalue weighted by molar-refractivity contribution is 9.11. The van der Waals surface area contributed by atoms with Crippen LogP contribution >= 0.6 is 27.3 Å². The molecule has 0 saturated heterocycles. The van der Waals surface area contributed by atoms with Gasteiger partial charge in [0.15, 0.2) is 0 Å². The molecule has 106 valence electrons. The van der Waals surface area contributed by atoms with E-state index in [1.54, 1.807) is 19.1 Å². The lowest BCUT2D eigenvalue weighted by Gasteiger charge is -2.09. The van der Waals surface area contributed by atoms with Gasteiger partial charge >= 0.3 is 0 Å². The number of fused-ring (bicyclic) bond motifs is 1. The molecule has 1 aromatic heterocycles. The van der Waals surface area contributed by atoms with Crippen molar-refractivity contribution in [1.29, 1.82) is 0 Å². The molecule has 0 atom stereocenters. The fraction of sp³-hybridized carbons (Fsp3) is 0.231. The van der Waals surface area contributed by atoms with Gasteiger partial charge in [-0.2, -0.15) is 0 Å². The summed E-state index contributed by atoms with van der Waals surface area (Å²) in [6.45, 7) is 2.71. The number of anilines is 2. The van der Waals surface area contributed by atoms with Gasteiger partial charge < -0.3 is 5.32 Å². The third-order valence-corrected chi connectivity index (χ3v) is 6.39. The molecule has 7 heteroatoms. The Kier molecular flexibility index (Phi) is 3.51. The second kappa shape index (κ2) is 5.05. The molecule has 2 N–H and O–H groups in total. The molecule has 3 rings (SSSR count). The Labute approximate surface area is 130 Å². The van der Waals surface area contributed by atoms with Crippen LogP contribution in [0.3, 0.4) is 0 Å². The maximum Gasteiger partial charge on any atom is 0.263 e. The van der Waals surface area contributed by atoms with E-state index >= 15 is 0 Å². The summed E-state index contributed by atoms with van der Waals surface area (Å²) in [5.74, 6) is 0. The molecule has 0 aliphatic carbocycles. The quantitative estimate of drug-likeness (QED) is 0.865. The molecule has 0 saturated carbocycles. The summed E-state index contributed by atoms with van der Waals surface area (Å²) in [5, 5.41) is 3.25. The summed E-state index contributed by atoms with van der Waals surface area (Å²) >= 11 is 4.73. The van der Waals surface area contributed by atoms with Crippen molar-refractivity contribution in [2.45, 2.75) is 18.2 Å². The molecule has 1 aliphatic rings. The summed E-state index contributed by atoms with van der Waals surface area (Å²) in [6.07, 6.45) is 0.925. The summed E-state index contributed by atoms with van der Waals surface area (Å²) < 4.78 is 28.3. The molecule has 1 aromatic carbocycles. The molecule has 0 unspecified atom stereocenters. The predicted octanol–water partition coefficient (Wildman–Crippen LogP) is 3.59. The van der Waals surface area contributed by atoms with Gasteiger partial charge in [0, 0.05) is 22.8 Å². The number of rotatable bonds is 3. The molecule has 0 bridgehead atoms. The Balaban J connectivity index is 1.92. The number of hydrogen-bond donors (Lipinski definition) is 2. The molecule has 2 heterocycles. The second-order valence-corrected chi connectivity index (χ2v) is 8.91. The van der Waals surface area contributed by atoms with Crippen molar-refractivity contribution in [3.63, 3.8) is 0 Å². The van der Waals surface area contributed by atoms with E-state index in [-0.39, 0.29) is 0 Å². The fourth-order valence-corrected chi connectivity index (χ4v) is 5.74. The number of thiophene rings is 1. The average molecular weight is 373 g/mol. The van der Waals surface area contributed by atoms with Crippen molar-refractivity contribution in [2.75, 3.05) is 16.6 Å². The maximum absolute atomic E-state index is 12.4. The van der Waals surface area contributed by atoms with Gasteiger partial charge in [-0.3, -0.25) is 4.72 Å². The minimum atomic E-state index is -3.53. The van der Waals surface area contributed by atoms with Gasteiger partial charge in [0.1, 0.15) is 4.90 Å². The van der Waals surface area contributed by atoms with Crippen LogP contribution in [0.2, 0.25) is 0 Å². The molecular formula is C13H13BrN2O2S2. The molecular weight excluding hydrogens is 360 g/mol. The highest BCUT2D eigenvalue weighted by atomic mass is 79.9.